The van der Waals surface area contributed by atoms with Gasteiger partial charge in [-0.15, -0.1) is 16.4 Å². The maximum Gasteiger partial charge on any atom is 0.354 e. The molecule has 3 aromatic rings. The van der Waals surface area contributed by atoms with Gasteiger partial charge in [0, 0.05) is 0 Å². The normalized spacial score (nSPS) is 10.9. The van der Waals surface area contributed by atoms with Crippen molar-refractivity contribution in [3.8, 4) is 0 Å². The van der Waals surface area contributed by atoms with E-state index in [2.05, 4.69) is 15.0 Å². The largest absolute Gasteiger partial charge is 0.468 e. The highest BCUT2D eigenvalue weighted by Crippen LogP contribution is 2.26. The first kappa shape index (κ1) is 15.2. The minimum absolute atomic E-state index is 0.00704. The van der Waals surface area contributed by atoms with Crippen LogP contribution in [0.15, 0.2) is 23.7 Å². The Morgan fingerprint density at radius 2 is 2.13 bits per heavy atom. The Balaban J connectivity index is 1.90. The summed E-state index contributed by atoms with van der Waals surface area (Å²) in [5.41, 5.74) is 2.01. The molecule has 0 N–H and O–H groups in total. The van der Waals surface area contributed by atoms with Gasteiger partial charge in [-0.25, -0.2) is 9.48 Å². The van der Waals surface area contributed by atoms with Crippen LogP contribution >= 0.6 is 11.3 Å². The first-order chi connectivity index (χ1) is 11.1. The average Bonchev–Trinajstić information content (AvgIpc) is 3.24. The highest BCUT2D eigenvalue weighted by molar-refractivity contribution is 7.17. The van der Waals surface area contributed by atoms with E-state index >= 15 is 0 Å². The third-order valence-electron chi connectivity index (χ3n) is 3.34. The molecule has 0 aliphatic carbocycles. The van der Waals surface area contributed by atoms with Gasteiger partial charge in [0.2, 0.25) is 0 Å². The van der Waals surface area contributed by atoms with Crippen LogP contribution in [0.3, 0.4) is 0 Å². The van der Waals surface area contributed by atoms with Crippen molar-refractivity contribution in [1.82, 2.24) is 19.6 Å². The van der Waals surface area contributed by atoms with Crippen molar-refractivity contribution in [1.29, 1.82) is 0 Å². The number of hydrogen-bond acceptors (Lipinski definition) is 7. The molecule has 0 atom stereocenters. The lowest BCUT2D eigenvalue weighted by molar-refractivity contribution is -0.141. The average molecular weight is 334 g/mol. The number of rotatable bonds is 5. The van der Waals surface area contributed by atoms with Crippen molar-refractivity contribution in [3.63, 3.8) is 0 Å². The second kappa shape index (κ2) is 6.21. The number of aromatic nitrogens is 4. The summed E-state index contributed by atoms with van der Waals surface area (Å²) in [4.78, 5) is 23.2. The van der Waals surface area contributed by atoms with Gasteiger partial charge in [-0.2, -0.15) is 0 Å². The number of methoxy groups -OCH3 is 2. The third kappa shape index (κ3) is 2.95. The highest BCUT2D eigenvalue weighted by Gasteiger charge is 2.18. The Labute approximate surface area is 135 Å². The SMILES string of the molecule is COC(=O)Cn1cc(Cn2c(C(=O)OC)cc3sccc32)nn1. The number of hydrogen-bond donors (Lipinski definition) is 0. The molecule has 9 heteroatoms. The minimum atomic E-state index is -0.407. The van der Waals surface area contributed by atoms with Crippen LogP contribution in [0.25, 0.3) is 10.2 Å². The fraction of sp³-hybridized carbons (Fsp3) is 0.286. The quantitative estimate of drug-likeness (QED) is 0.654. The van der Waals surface area contributed by atoms with Gasteiger partial charge in [0.05, 0.1) is 37.2 Å². The zero-order valence-corrected chi connectivity index (χ0v) is 13.4. The Hall–Kier alpha value is -2.68. The number of ether oxygens (including phenoxy) is 2. The van der Waals surface area contributed by atoms with E-state index in [4.69, 9.17) is 4.74 Å². The van der Waals surface area contributed by atoms with Gasteiger partial charge >= 0.3 is 11.9 Å². The highest BCUT2D eigenvalue weighted by atomic mass is 32.1. The van der Waals surface area contributed by atoms with E-state index in [9.17, 15) is 9.59 Å². The lowest BCUT2D eigenvalue weighted by Crippen LogP contribution is -2.12. The molecule has 0 amide bonds. The van der Waals surface area contributed by atoms with E-state index in [-0.39, 0.29) is 6.54 Å². The summed E-state index contributed by atoms with van der Waals surface area (Å²) in [7, 11) is 2.66. The van der Waals surface area contributed by atoms with Crippen LogP contribution in [0.1, 0.15) is 16.2 Å². The van der Waals surface area contributed by atoms with Gasteiger partial charge < -0.3 is 14.0 Å². The van der Waals surface area contributed by atoms with E-state index < -0.39 is 11.9 Å². The van der Waals surface area contributed by atoms with E-state index in [1.165, 1.54) is 18.9 Å². The van der Waals surface area contributed by atoms with E-state index in [1.54, 1.807) is 23.6 Å². The van der Waals surface area contributed by atoms with E-state index in [1.807, 2.05) is 16.0 Å². The molecule has 0 fully saturated rings. The molecular formula is C14H14N4O4S. The molecule has 0 aromatic carbocycles. The van der Waals surface area contributed by atoms with Crippen LogP contribution in [0.5, 0.6) is 0 Å². The molecule has 8 nitrogen and oxygen atoms in total. The number of carbonyl (C=O) groups excluding carboxylic acids is 2. The lowest BCUT2D eigenvalue weighted by Gasteiger charge is -2.06. The Morgan fingerprint density at radius 1 is 1.30 bits per heavy atom. The van der Waals surface area contributed by atoms with Crippen molar-refractivity contribution in [2.24, 2.45) is 0 Å². The molecule has 3 rings (SSSR count). The smallest absolute Gasteiger partial charge is 0.354 e. The van der Waals surface area contributed by atoms with Gasteiger partial charge in [-0.1, -0.05) is 5.21 Å². The first-order valence-corrected chi connectivity index (χ1v) is 7.61. The topological polar surface area (TPSA) is 88.2 Å². The van der Waals surface area contributed by atoms with E-state index in [0.29, 0.717) is 17.9 Å². The molecular weight excluding hydrogens is 320 g/mol. The van der Waals surface area contributed by atoms with Crippen LogP contribution in [0, 0.1) is 0 Å². The van der Waals surface area contributed by atoms with Crippen molar-refractivity contribution >= 4 is 33.5 Å². The molecule has 0 saturated carbocycles. The summed E-state index contributed by atoms with van der Waals surface area (Å²) in [6.45, 7) is 0.346. The fourth-order valence-electron chi connectivity index (χ4n) is 2.27. The number of thiophene rings is 1. The molecule has 0 unspecified atom stereocenters. The summed E-state index contributed by atoms with van der Waals surface area (Å²) >= 11 is 1.55. The maximum atomic E-state index is 11.9. The molecule has 3 aromatic heterocycles. The predicted molar refractivity (Wildman–Crippen MR) is 82.3 cm³/mol. The maximum absolute atomic E-state index is 11.9. The van der Waals surface area contributed by atoms with Gasteiger partial charge in [-0.3, -0.25) is 4.79 Å². The molecule has 120 valence electrons. The summed E-state index contributed by atoms with van der Waals surface area (Å²) < 4.78 is 13.6. The third-order valence-corrected chi connectivity index (χ3v) is 4.20. The van der Waals surface area contributed by atoms with Gasteiger partial charge in [0.1, 0.15) is 17.9 Å². The van der Waals surface area contributed by atoms with Gasteiger partial charge in [0.25, 0.3) is 0 Å². The van der Waals surface area contributed by atoms with Gasteiger partial charge in [-0.05, 0) is 17.5 Å². The summed E-state index contributed by atoms with van der Waals surface area (Å²) in [6.07, 6.45) is 1.65. The van der Waals surface area contributed by atoms with Crippen molar-refractivity contribution in [2.75, 3.05) is 14.2 Å². The van der Waals surface area contributed by atoms with Crippen LogP contribution < -0.4 is 0 Å². The number of fused-ring (bicyclic) bond motifs is 1. The van der Waals surface area contributed by atoms with Crippen LogP contribution in [-0.4, -0.2) is 45.7 Å². The minimum Gasteiger partial charge on any atom is -0.468 e. The number of nitrogens with zero attached hydrogens (tertiary/aromatic N) is 4. The van der Waals surface area contributed by atoms with Crippen molar-refractivity contribution < 1.29 is 19.1 Å². The second-order valence-electron chi connectivity index (χ2n) is 4.76. The predicted octanol–water partition coefficient (Wildman–Crippen LogP) is 1.30. The van der Waals surface area contributed by atoms with Gasteiger partial charge in [0.15, 0.2) is 0 Å². The van der Waals surface area contributed by atoms with Crippen LogP contribution in [0.2, 0.25) is 0 Å². The van der Waals surface area contributed by atoms with Crippen LogP contribution in [-0.2, 0) is 27.4 Å². The zero-order chi connectivity index (χ0) is 16.4. The monoisotopic (exact) mass is 334 g/mol. The zero-order valence-electron chi connectivity index (χ0n) is 12.6. The molecule has 0 aliphatic rings. The summed E-state index contributed by atoms with van der Waals surface area (Å²) in [6, 6.07) is 3.73. The number of esters is 2. The Kier molecular flexibility index (Phi) is 4.11. The summed E-state index contributed by atoms with van der Waals surface area (Å²) in [5, 5.41) is 9.87. The van der Waals surface area contributed by atoms with Crippen molar-refractivity contribution in [2.45, 2.75) is 13.1 Å². The van der Waals surface area contributed by atoms with E-state index in [0.717, 1.165) is 10.2 Å². The Morgan fingerprint density at radius 3 is 2.87 bits per heavy atom. The molecule has 0 aliphatic heterocycles. The summed E-state index contributed by atoms with van der Waals surface area (Å²) in [5.74, 6) is -0.812. The molecule has 0 spiro atoms. The first-order valence-electron chi connectivity index (χ1n) is 6.73. The van der Waals surface area contributed by atoms with Crippen LogP contribution in [0.4, 0.5) is 0 Å². The second-order valence-corrected chi connectivity index (χ2v) is 5.71. The molecule has 0 saturated heterocycles. The molecule has 0 radical (unpaired) electrons. The molecule has 23 heavy (non-hydrogen) atoms. The Bertz CT molecular complexity index is 863. The standard InChI is InChI=1S/C14H14N4O4S/c1-21-13(19)8-17-6-9(15-16-17)7-18-10-3-4-23-12(10)5-11(18)14(20)22-2/h3-6H,7-8H2,1-2H3. The van der Waals surface area contributed by atoms with Crippen molar-refractivity contribution in [3.05, 3.63) is 35.1 Å². The number of carbonyl (C=O) groups is 2. The fourth-order valence-corrected chi connectivity index (χ4v) is 3.09. The molecule has 0 bridgehead atoms. The lowest BCUT2D eigenvalue weighted by atomic mass is 10.4. The molecule has 3 heterocycles.